The van der Waals surface area contributed by atoms with Gasteiger partial charge in [0.25, 0.3) is 0 Å². The lowest BCUT2D eigenvalue weighted by Gasteiger charge is -2.37. The van der Waals surface area contributed by atoms with Gasteiger partial charge in [0.1, 0.15) is 11.8 Å². The maximum absolute atomic E-state index is 14.6. The number of anilines is 2. The van der Waals surface area contributed by atoms with Crippen molar-refractivity contribution in [1.29, 1.82) is 0 Å². The average molecular weight is 685 g/mol. The van der Waals surface area contributed by atoms with Crippen molar-refractivity contribution < 1.29 is 24.2 Å². The molecule has 0 aliphatic carbocycles. The number of halogens is 2. The minimum atomic E-state index is -0.961. The standard InChI is InChI=1S/C32H31BrClN3O5S/c1-2-42-20-14-12-19(13-15-20)35-29(39)25-26-31(41)37(24(17-38)18-8-4-3-5-9-18)28(32(26)16-21(33)27(25)43-32)30(40)36-23-11-7-6-10-22(23)34/h3-15,21,24-28,38H,2,16-17H2,1H3,(H,35,39)(H,36,40)/t21?,24-,25-,26+,27-,28?,32?/m1/s1. The number of hydrogen-bond acceptors (Lipinski definition) is 6. The molecule has 0 saturated carbocycles. The summed E-state index contributed by atoms with van der Waals surface area (Å²) in [6.45, 7) is 2.05. The van der Waals surface area contributed by atoms with Gasteiger partial charge >= 0.3 is 0 Å². The molecule has 3 aliphatic rings. The molecule has 8 nitrogen and oxygen atoms in total. The molecule has 3 unspecified atom stereocenters. The van der Waals surface area contributed by atoms with Crippen LogP contribution in [-0.4, -0.2) is 61.8 Å². The lowest BCUT2D eigenvalue weighted by atomic mass is 9.70. The summed E-state index contributed by atoms with van der Waals surface area (Å²) in [7, 11) is 0. The second-order valence-electron chi connectivity index (χ2n) is 10.9. The van der Waals surface area contributed by atoms with Gasteiger partial charge < -0.3 is 25.4 Å². The number of carbonyl (C=O) groups is 3. The van der Waals surface area contributed by atoms with Crippen LogP contribution in [0.4, 0.5) is 11.4 Å². The zero-order valence-corrected chi connectivity index (χ0v) is 26.4. The summed E-state index contributed by atoms with van der Waals surface area (Å²) in [4.78, 5) is 44.2. The highest BCUT2D eigenvalue weighted by atomic mass is 79.9. The highest BCUT2D eigenvalue weighted by Crippen LogP contribution is 2.68. The Morgan fingerprint density at radius 1 is 1.07 bits per heavy atom. The van der Waals surface area contributed by atoms with Crippen molar-refractivity contribution in [2.75, 3.05) is 23.8 Å². The third-order valence-electron chi connectivity index (χ3n) is 8.54. The molecule has 7 atom stereocenters. The van der Waals surface area contributed by atoms with Crippen molar-refractivity contribution in [2.45, 2.75) is 40.3 Å². The Hall–Kier alpha value is -3.05. The number of para-hydroxylation sites is 1. The Kier molecular flexibility index (Phi) is 8.48. The molecule has 3 amide bonds. The van der Waals surface area contributed by atoms with Gasteiger partial charge in [-0.2, -0.15) is 0 Å². The summed E-state index contributed by atoms with van der Waals surface area (Å²) in [6.07, 6.45) is 0.510. The number of alkyl halides is 1. The van der Waals surface area contributed by atoms with E-state index in [0.29, 0.717) is 40.7 Å². The molecular weight excluding hydrogens is 654 g/mol. The summed E-state index contributed by atoms with van der Waals surface area (Å²) < 4.78 is 4.62. The van der Waals surface area contributed by atoms with E-state index >= 15 is 0 Å². The average Bonchev–Trinajstić information content (AvgIpc) is 3.60. The van der Waals surface area contributed by atoms with Gasteiger partial charge in [0.05, 0.1) is 46.5 Å². The molecule has 3 N–H and O–H groups in total. The number of aliphatic hydroxyl groups excluding tert-OH is 1. The quantitative estimate of drug-likeness (QED) is 0.257. The first-order chi connectivity index (χ1) is 20.8. The fraction of sp³-hybridized carbons (Fsp3) is 0.344. The van der Waals surface area contributed by atoms with Crippen molar-refractivity contribution in [2.24, 2.45) is 11.8 Å². The van der Waals surface area contributed by atoms with E-state index in [1.807, 2.05) is 37.3 Å². The highest BCUT2D eigenvalue weighted by Gasteiger charge is 2.76. The van der Waals surface area contributed by atoms with Crippen LogP contribution < -0.4 is 15.4 Å². The number of rotatable bonds is 9. The van der Waals surface area contributed by atoms with Crippen LogP contribution in [0.2, 0.25) is 5.02 Å². The summed E-state index contributed by atoms with van der Waals surface area (Å²) in [5.74, 6) is -1.77. The smallest absolute Gasteiger partial charge is 0.248 e. The molecule has 2 bridgehead atoms. The molecule has 0 radical (unpaired) electrons. The predicted molar refractivity (Wildman–Crippen MR) is 172 cm³/mol. The first-order valence-electron chi connectivity index (χ1n) is 14.2. The first-order valence-corrected chi connectivity index (χ1v) is 16.4. The van der Waals surface area contributed by atoms with Gasteiger partial charge in [-0.15, -0.1) is 11.8 Å². The van der Waals surface area contributed by atoms with E-state index in [9.17, 15) is 19.5 Å². The molecule has 1 spiro atoms. The molecule has 3 saturated heterocycles. The van der Waals surface area contributed by atoms with Gasteiger partial charge in [0.15, 0.2) is 0 Å². The minimum Gasteiger partial charge on any atom is -0.494 e. The lowest BCUT2D eigenvalue weighted by Crippen LogP contribution is -2.53. The van der Waals surface area contributed by atoms with Gasteiger partial charge in [-0.1, -0.05) is 70.0 Å². The van der Waals surface area contributed by atoms with Crippen LogP contribution in [0.1, 0.15) is 24.9 Å². The van der Waals surface area contributed by atoms with Crippen LogP contribution in [0.3, 0.4) is 0 Å². The molecule has 6 rings (SSSR count). The largest absolute Gasteiger partial charge is 0.494 e. The van der Waals surface area contributed by atoms with Crippen LogP contribution in [-0.2, 0) is 14.4 Å². The maximum Gasteiger partial charge on any atom is 0.248 e. The van der Waals surface area contributed by atoms with Gasteiger partial charge in [-0.05, 0) is 55.3 Å². The molecule has 3 heterocycles. The van der Waals surface area contributed by atoms with Crippen molar-refractivity contribution in [3.63, 3.8) is 0 Å². The number of benzene rings is 3. The molecule has 3 fully saturated rings. The molecule has 3 aromatic carbocycles. The maximum atomic E-state index is 14.6. The van der Waals surface area contributed by atoms with Crippen LogP contribution in [0.25, 0.3) is 0 Å². The van der Waals surface area contributed by atoms with Crippen molar-refractivity contribution in [3.05, 3.63) is 89.4 Å². The second kappa shape index (κ2) is 12.1. The molecule has 11 heteroatoms. The minimum absolute atomic E-state index is 0.0995. The monoisotopic (exact) mass is 683 g/mol. The summed E-state index contributed by atoms with van der Waals surface area (Å²) >= 11 is 11.7. The number of amides is 3. The van der Waals surface area contributed by atoms with E-state index in [-0.39, 0.29) is 28.5 Å². The number of ether oxygens (including phenoxy) is 1. The normalized spacial score (nSPS) is 28.0. The summed E-state index contributed by atoms with van der Waals surface area (Å²) in [6, 6.07) is 21.5. The number of fused-ring (bicyclic) bond motifs is 1. The third kappa shape index (κ3) is 5.22. The zero-order chi connectivity index (χ0) is 30.3. The fourth-order valence-corrected chi connectivity index (χ4v) is 10.6. The van der Waals surface area contributed by atoms with Crippen LogP contribution in [0, 0.1) is 11.8 Å². The van der Waals surface area contributed by atoms with E-state index in [1.54, 1.807) is 48.5 Å². The Morgan fingerprint density at radius 3 is 2.44 bits per heavy atom. The highest BCUT2D eigenvalue weighted by molar-refractivity contribution is 9.09. The number of nitrogens with zero attached hydrogens (tertiary/aromatic N) is 1. The number of likely N-dealkylation sites (tertiary alicyclic amines) is 1. The lowest BCUT2D eigenvalue weighted by molar-refractivity contribution is -0.141. The number of aliphatic hydroxyl groups is 1. The molecule has 0 aromatic heterocycles. The van der Waals surface area contributed by atoms with Gasteiger partial charge in [-0.25, -0.2) is 0 Å². The zero-order valence-electron chi connectivity index (χ0n) is 23.3. The van der Waals surface area contributed by atoms with Crippen molar-refractivity contribution in [3.8, 4) is 5.75 Å². The molecule has 224 valence electrons. The number of nitrogens with one attached hydrogen (secondary N) is 2. The third-order valence-corrected chi connectivity index (χ3v) is 12.1. The van der Waals surface area contributed by atoms with Crippen LogP contribution in [0.15, 0.2) is 78.9 Å². The Bertz CT molecular complexity index is 1530. The summed E-state index contributed by atoms with van der Waals surface area (Å²) in [5, 5.41) is 16.8. The molecule has 3 aromatic rings. The van der Waals surface area contributed by atoms with E-state index in [2.05, 4.69) is 26.6 Å². The molecule has 3 aliphatic heterocycles. The molecule has 43 heavy (non-hydrogen) atoms. The second-order valence-corrected chi connectivity index (χ2v) is 14.1. The Morgan fingerprint density at radius 2 is 1.77 bits per heavy atom. The van der Waals surface area contributed by atoms with E-state index < -0.39 is 34.6 Å². The number of carbonyl (C=O) groups excluding carboxylic acids is 3. The number of hydrogen-bond donors (Lipinski definition) is 3. The number of thioether (sulfide) groups is 1. The van der Waals surface area contributed by atoms with E-state index in [0.717, 1.165) is 0 Å². The summed E-state index contributed by atoms with van der Waals surface area (Å²) in [5.41, 5.74) is 1.73. The fourth-order valence-electron chi connectivity index (χ4n) is 6.82. The van der Waals surface area contributed by atoms with Gasteiger partial charge in [-0.3, -0.25) is 14.4 Å². The predicted octanol–water partition coefficient (Wildman–Crippen LogP) is 5.51. The van der Waals surface area contributed by atoms with Gasteiger partial charge in [0, 0.05) is 15.8 Å². The Labute approximate surface area is 267 Å². The Balaban J connectivity index is 1.39. The van der Waals surface area contributed by atoms with E-state index in [4.69, 9.17) is 16.3 Å². The van der Waals surface area contributed by atoms with Gasteiger partial charge in [0.2, 0.25) is 17.7 Å². The topological polar surface area (TPSA) is 108 Å². The SMILES string of the molecule is CCOc1ccc(NC(=O)[C@H]2[C@@H]3SC4(CC3Br)C(C(=O)Nc3ccccc3Cl)N([C@H](CO)c3ccccc3)C(=O)[C@H]24)cc1. The molecular formula is C32H31BrClN3O5S. The van der Waals surface area contributed by atoms with E-state index in [1.165, 1.54) is 16.7 Å². The van der Waals surface area contributed by atoms with Crippen LogP contribution in [0.5, 0.6) is 5.75 Å². The van der Waals surface area contributed by atoms with Crippen LogP contribution >= 0.6 is 39.3 Å². The van der Waals surface area contributed by atoms with Crippen molar-refractivity contribution in [1.82, 2.24) is 4.90 Å². The van der Waals surface area contributed by atoms with Crippen molar-refractivity contribution >= 4 is 68.4 Å². The first kappa shape index (κ1) is 30.0.